The van der Waals surface area contributed by atoms with Crippen LogP contribution in [0.3, 0.4) is 0 Å². The van der Waals surface area contributed by atoms with Gasteiger partial charge in [-0.15, -0.1) is 0 Å². The van der Waals surface area contributed by atoms with Crippen molar-refractivity contribution in [3.05, 3.63) is 287 Å². The van der Waals surface area contributed by atoms with Gasteiger partial charge in [-0.25, -0.2) is 18.3 Å². The van der Waals surface area contributed by atoms with E-state index in [1.165, 1.54) is 107 Å². The summed E-state index contributed by atoms with van der Waals surface area (Å²) in [5, 5.41) is 4.40. The minimum Gasteiger partial charge on any atom is -0.405 e. The Morgan fingerprint density at radius 3 is 1.00 bits per heavy atom. The first kappa shape index (κ1) is 80.0. The van der Waals surface area contributed by atoms with Gasteiger partial charge in [0.2, 0.25) is 22.1 Å². The summed E-state index contributed by atoms with van der Waals surface area (Å²) >= 11 is 0. The molecule has 0 radical (unpaired) electrons. The van der Waals surface area contributed by atoms with Gasteiger partial charge in [-0.05, 0) is 214 Å². The van der Waals surface area contributed by atoms with Crippen LogP contribution in [0, 0.1) is 33.5 Å². The van der Waals surface area contributed by atoms with E-state index in [1.54, 1.807) is 0 Å². The third kappa shape index (κ3) is 17.6. The number of pyridine rings is 4. The van der Waals surface area contributed by atoms with Crippen molar-refractivity contribution in [3.63, 3.8) is 0 Å². The van der Waals surface area contributed by atoms with Gasteiger partial charge in [-0.3, -0.25) is 0 Å². The van der Waals surface area contributed by atoms with Gasteiger partial charge in [0.25, 0.3) is 0 Å². The molecule has 12 heteroatoms. The van der Waals surface area contributed by atoms with Crippen LogP contribution in [0.25, 0.3) is 65.9 Å². The van der Waals surface area contributed by atoms with Crippen molar-refractivity contribution < 1.29 is 26.5 Å². The van der Waals surface area contributed by atoms with Gasteiger partial charge in [0.15, 0.2) is 22.4 Å². The van der Waals surface area contributed by atoms with Crippen molar-refractivity contribution in [1.29, 1.82) is 0 Å². The van der Waals surface area contributed by atoms with E-state index in [0.717, 1.165) is 106 Å². The second-order valence-electron chi connectivity index (χ2n) is 40.4. The van der Waals surface area contributed by atoms with Crippen LogP contribution in [0.5, 0.6) is 0 Å². The lowest BCUT2D eigenvalue weighted by Crippen LogP contribution is -2.61. The Hall–Kier alpha value is -10.2. The number of aromatic nitrogens is 4. The zero-order chi connectivity index (χ0) is 92.9. The lowest BCUT2D eigenvalue weighted by atomic mass is 9.51. The van der Waals surface area contributed by atoms with Crippen molar-refractivity contribution in [2.45, 2.75) is 193 Å². The Kier molecular flexibility index (Phi) is 23.0. The number of fused-ring (bicyclic) bond motifs is 8. The van der Waals surface area contributed by atoms with Crippen molar-refractivity contribution in [3.8, 4) is 0 Å². The third-order valence-corrected chi connectivity index (χ3v) is 27.2. The zero-order valence-electron chi connectivity index (χ0n) is 84.5. The molecule has 4 aliphatic heterocycles. The Bertz CT molecular complexity index is 6230. The molecule has 0 atom stereocenters. The number of rotatable bonds is 10. The van der Waals surface area contributed by atoms with Gasteiger partial charge in [0.05, 0.1) is 0 Å². The Balaban J connectivity index is 0.000000132. The minimum atomic E-state index is -1.43. The summed E-state index contributed by atoms with van der Waals surface area (Å²) in [4.78, 5) is 9.46. The molecule has 0 amide bonds. The van der Waals surface area contributed by atoms with E-state index in [1.807, 2.05) is 52.0 Å². The maximum Gasteiger partial charge on any atom is 0.396 e. The summed E-state index contributed by atoms with van der Waals surface area (Å²) in [6.45, 7) is 35.6. The Morgan fingerprint density at radius 2 is 0.642 bits per heavy atom. The highest BCUT2D eigenvalue weighted by Gasteiger charge is 2.44. The van der Waals surface area contributed by atoms with E-state index >= 15 is 0 Å². The van der Waals surface area contributed by atoms with Gasteiger partial charge in [-0.2, -0.15) is 0 Å². The monoisotopic (exact) mass is 1630 g/mol. The van der Waals surface area contributed by atoms with E-state index in [9.17, 15) is 4.11 Å². The summed E-state index contributed by atoms with van der Waals surface area (Å²) < 4.78 is 63.9. The molecular formula is C111H138B4N8+4. The molecule has 4 aromatic heterocycles. The molecule has 123 heavy (non-hydrogen) atoms. The molecule has 12 aromatic rings. The fraction of sp³-hybridized carbons (Fsp3) is 0.387. The lowest BCUT2D eigenvalue weighted by molar-refractivity contribution is -0.627. The maximum atomic E-state index is 9.36. The summed E-state index contributed by atoms with van der Waals surface area (Å²) in [7, 11) is 17.3. The molecule has 0 saturated heterocycles. The number of allylic oxidation sites excluding steroid dienone is 4. The van der Waals surface area contributed by atoms with Crippen LogP contribution in [0.2, 0.25) is 0 Å². The second kappa shape index (κ2) is 35.4. The van der Waals surface area contributed by atoms with E-state index in [-0.39, 0.29) is 60.9 Å². The number of hydrogen-bond acceptors (Lipinski definition) is 4. The van der Waals surface area contributed by atoms with Crippen LogP contribution in [-0.4, -0.2) is 55.6 Å². The van der Waals surface area contributed by atoms with Gasteiger partial charge in [0.1, 0.15) is 28.2 Å². The quantitative estimate of drug-likeness (QED) is 0.101. The summed E-state index contributed by atoms with van der Waals surface area (Å²) in [6.07, 6.45) is 6.88. The average molecular weight is 1630 g/mol. The number of aryl methyl sites for hydroxylation is 4. The molecule has 0 unspecified atom stereocenters. The van der Waals surface area contributed by atoms with Crippen LogP contribution in [0.15, 0.2) is 242 Å². The first-order chi connectivity index (χ1) is 60.7. The molecule has 18 rings (SSSR count). The van der Waals surface area contributed by atoms with Crippen LogP contribution in [0.1, 0.15) is 233 Å². The van der Waals surface area contributed by atoms with Gasteiger partial charge < -0.3 is 19.2 Å². The molecule has 630 valence electrons. The maximum absolute atomic E-state index is 9.36. The molecule has 6 aliphatic rings. The molecule has 2 saturated carbocycles. The normalized spacial score (nSPS) is 17.2. The van der Waals surface area contributed by atoms with Crippen molar-refractivity contribution >= 4 is 138 Å². The van der Waals surface area contributed by atoms with Gasteiger partial charge in [0, 0.05) is 101 Å². The van der Waals surface area contributed by atoms with E-state index in [4.69, 9.17) is 4.11 Å². The first-order valence-electron chi connectivity index (χ1n) is 48.6. The minimum absolute atomic E-state index is 0.000397. The third-order valence-electron chi connectivity index (χ3n) is 27.2. The molecule has 8 nitrogen and oxygen atoms in total. The highest BCUT2D eigenvalue weighted by molar-refractivity contribution is 6.83. The molecule has 0 spiro atoms. The van der Waals surface area contributed by atoms with Crippen molar-refractivity contribution in [2.75, 3.05) is 47.4 Å². The van der Waals surface area contributed by atoms with Gasteiger partial charge >= 0.3 is 27.4 Å². The van der Waals surface area contributed by atoms with E-state index in [2.05, 4.69) is 395 Å². The van der Waals surface area contributed by atoms with Crippen LogP contribution in [-0.2, 0) is 40.9 Å². The fourth-order valence-corrected chi connectivity index (χ4v) is 20.6. The lowest BCUT2D eigenvalue weighted by Gasteiger charge is -2.36. The molecular weight excluding hydrogens is 1490 g/mol. The summed E-state index contributed by atoms with van der Waals surface area (Å²) in [5.74, 6) is 8.46. The number of anilines is 4. The molecule has 8 aromatic carbocycles. The Morgan fingerprint density at radius 1 is 0.358 bits per heavy atom. The smallest absolute Gasteiger partial charge is 0.396 e. The highest BCUT2D eigenvalue weighted by atomic mass is 15.1. The standard InChI is InChI=1S/C30H38BN2.C28H34BN2.C27H34BN2.C26H32BN2/c1-30(2,3)26-21-31(33(5)28-18-12-10-16-25(26)28)29-20-23(19-22-13-7-6-8-14-22)24-15-9-11-17-27(24)32(29)4;1-28(2,3)24-19-29(31(5)26-17-11-9-15-22(24)26)27-18-23(20-12-6-7-13-20)21-14-8-10-16-25(21)30(27)4;1-19(2)16-20-17-26(29(6)24-14-10-8-12-21(20)24)28-18-23(27(3,4)5)22-13-9-11-15-25(22)30(28)7;1-18(2)21-16-25(28(6)23-14-10-8-12-19(21)23)27-17-22(26(3,4)5)20-13-9-11-15-24(20)29(27)7/h9-12,15-18,20-22H,6-8,13-14,19H2,1-5H3;8-11,14-20H,6-7,12-13H2,1-5H3;8-15,17-19H,16H2,1-7H3;8-18H,1-7H3/q4*+1/i19D2;20D;16D2;18D. The average Bonchev–Trinajstić information content (AvgIpc) is 1.25. The second-order valence-corrected chi connectivity index (χ2v) is 40.4. The SMILES string of the molecule is [2H]C(C)(C)c1cc(B2C=C(C(C)(C)C)c3ccccc3N2C)[n+](C)c2ccccc12.[2H]C([2H])(c1cc(B2C=C(C(C)(C)C)c3ccccc3N2C)[n+](C)c2ccccc12)C(C)C.[2H]C([2H])(c1cc(B2C=C(C(C)(C)C)c3ccccc3N2C)[n+](C)c2ccccc12)C1CCCCC1.[2H]C1(c2cc(B3C=C(C(C)(C)C)c4ccccc4N3C)[n+](C)c3ccccc23)CCCC1. The van der Waals surface area contributed by atoms with Crippen LogP contribution in [0.4, 0.5) is 22.7 Å². The Labute approximate surface area is 749 Å². The zero-order valence-corrected chi connectivity index (χ0v) is 78.5. The number of hydrogen-bond donors (Lipinski definition) is 0. The molecule has 8 heterocycles. The number of nitrogens with zero attached hydrogens (tertiary/aromatic N) is 8. The highest BCUT2D eigenvalue weighted by Crippen LogP contribution is 2.47. The van der Waals surface area contributed by atoms with E-state index < -0.39 is 24.5 Å². The van der Waals surface area contributed by atoms with Crippen LogP contribution >= 0.6 is 0 Å². The van der Waals surface area contributed by atoms with E-state index in [0.29, 0.717) is 0 Å². The molecule has 2 fully saturated rings. The number of para-hydroxylation sites is 8. The van der Waals surface area contributed by atoms with Crippen molar-refractivity contribution in [2.24, 2.45) is 61.7 Å². The molecule has 0 bridgehead atoms. The fourth-order valence-electron chi connectivity index (χ4n) is 20.6. The summed E-state index contributed by atoms with van der Waals surface area (Å²) in [6, 6.07) is 77.3. The predicted molar refractivity (Wildman–Crippen MR) is 535 cm³/mol. The van der Waals surface area contributed by atoms with Crippen LogP contribution < -0.4 is 59.9 Å². The van der Waals surface area contributed by atoms with Crippen molar-refractivity contribution in [1.82, 2.24) is 0 Å². The largest absolute Gasteiger partial charge is 0.405 e. The molecule has 2 aliphatic carbocycles. The predicted octanol–water partition coefficient (Wildman–Crippen LogP) is 22.0. The number of benzene rings is 8. The first-order valence-corrected chi connectivity index (χ1v) is 45.6. The summed E-state index contributed by atoms with van der Waals surface area (Å²) in [5.41, 5.74) is 28.9. The molecule has 0 N–H and O–H groups in total. The van der Waals surface area contributed by atoms with Gasteiger partial charge in [-0.1, -0.05) is 301 Å². The topological polar surface area (TPSA) is 28.5 Å².